The van der Waals surface area contributed by atoms with Gasteiger partial charge in [-0.3, -0.25) is 14.4 Å². The maximum Gasteiger partial charge on any atom is 0.326 e. The summed E-state index contributed by atoms with van der Waals surface area (Å²) in [5, 5.41) is 26.9. The van der Waals surface area contributed by atoms with Crippen LogP contribution >= 0.6 is 11.8 Å². The molecule has 0 aromatic heterocycles. The average Bonchev–Trinajstić information content (AvgIpc) is 2.85. The van der Waals surface area contributed by atoms with E-state index in [0.29, 0.717) is 43.5 Å². The molecule has 12 heteroatoms. The fourth-order valence-corrected chi connectivity index (χ4v) is 4.02. The molecule has 0 aliphatic carbocycles. The van der Waals surface area contributed by atoms with Crippen molar-refractivity contribution in [3.63, 3.8) is 0 Å². The van der Waals surface area contributed by atoms with Gasteiger partial charge in [0.1, 0.15) is 23.9 Å². The molecule has 208 valence electrons. The predicted octanol–water partition coefficient (Wildman–Crippen LogP) is 0.339. The normalized spacial score (nSPS) is 14.3. The van der Waals surface area contributed by atoms with Gasteiger partial charge in [-0.15, -0.1) is 0 Å². The van der Waals surface area contributed by atoms with Crippen molar-refractivity contribution in [2.45, 2.75) is 70.1 Å². The van der Waals surface area contributed by atoms with Crippen molar-refractivity contribution in [3.8, 4) is 5.75 Å². The molecule has 0 heterocycles. The number of benzene rings is 1. The van der Waals surface area contributed by atoms with E-state index in [1.807, 2.05) is 6.26 Å². The lowest BCUT2D eigenvalue weighted by atomic mass is 10.00. The Bertz CT molecular complexity index is 883. The van der Waals surface area contributed by atoms with Gasteiger partial charge in [0.05, 0.1) is 6.04 Å². The summed E-state index contributed by atoms with van der Waals surface area (Å²) in [4.78, 5) is 50.6. The number of unbranched alkanes of at least 4 members (excludes halogenated alkanes) is 1. The molecule has 0 aliphatic heterocycles. The minimum absolute atomic E-state index is 0.00811. The van der Waals surface area contributed by atoms with Gasteiger partial charge in [-0.2, -0.15) is 11.8 Å². The largest absolute Gasteiger partial charge is 0.508 e. The summed E-state index contributed by atoms with van der Waals surface area (Å²) in [5.74, 6) is -2.52. The Labute approximate surface area is 222 Å². The number of nitrogens with one attached hydrogen (secondary N) is 3. The number of carboxylic acids is 1. The van der Waals surface area contributed by atoms with E-state index in [1.165, 1.54) is 12.1 Å². The van der Waals surface area contributed by atoms with Gasteiger partial charge in [0.15, 0.2) is 0 Å². The van der Waals surface area contributed by atoms with Crippen LogP contribution in [-0.4, -0.2) is 76.6 Å². The lowest BCUT2D eigenvalue weighted by Crippen LogP contribution is -2.58. The number of hydrogen-bond acceptors (Lipinski definition) is 8. The van der Waals surface area contributed by atoms with Gasteiger partial charge >= 0.3 is 5.97 Å². The molecule has 0 fully saturated rings. The highest BCUT2D eigenvalue weighted by Crippen LogP contribution is 2.12. The summed E-state index contributed by atoms with van der Waals surface area (Å²) in [6.07, 6.45) is 3.91. The monoisotopic (exact) mass is 539 g/mol. The first kappa shape index (κ1) is 32.2. The fourth-order valence-electron chi connectivity index (χ4n) is 3.53. The highest BCUT2D eigenvalue weighted by molar-refractivity contribution is 7.98. The second-order valence-electron chi connectivity index (χ2n) is 9.23. The number of rotatable bonds is 17. The molecule has 0 aliphatic rings. The molecule has 1 aromatic carbocycles. The molecule has 9 N–H and O–H groups in total. The number of hydrogen-bond donors (Lipinski definition) is 7. The lowest BCUT2D eigenvalue weighted by Gasteiger charge is -2.27. The zero-order chi connectivity index (χ0) is 28.0. The SMILES string of the molecule is CSCCC(N)C(=O)NC(CCCCN)C(=O)NC(C(=O)NC(Cc1ccc(O)cc1)C(=O)O)C(C)C. The second kappa shape index (κ2) is 16.8. The number of thioether (sulfide) groups is 1. The van der Waals surface area contributed by atoms with Crippen LogP contribution in [0.25, 0.3) is 0 Å². The lowest BCUT2D eigenvalue weighted by molar-refractivity contribution is -0.142. The van der Waals surface area contributed by atoms with E-state index >= 15 is 0 Å². The molecule has 0 bridgehead atoms. The number of aliphatic carboxylic acids is 1. The highest BCUT2D eigenvalue weighted by atomic mass is 32.2. The average molecular weight is 540 g/mol. The molecule has 37 heavy (non-hydrogen) atoms. The zero-order valence-corrected chi connectivity index (χ0v) is 22.6. The number of nitrogens with two attached hydrogens (primary N) is 2. The van der Waals surface area contributed by atoms with Crippen molar-refractivity contribution >= 4 is 35.5 Å². The number of carboxylic acid groups (broad SMARTS) is 1. The van der Waals surface area contributed by atoms with Crippen molar-refractivity contribution in [1.82, 2.24) is 16.0 Å². The quantitative estimate of drug-likeness (QED) is 0.136. The standard InChI is InChI=1S/C25H41N5O6S/c1-15(2)21(24(34)29-20(25(35)36)14-16-7-9-17(31)10-8-16)30-23(33)19(6-4-5-12-26)28-22(32)18(27)11-13-37-3/h7-10,15,18-21,31H,4-6,11-14,26-27H2,1-3H3,(H,28,32)(H,29,34)(H,30,33)(H,35,36). The smallest absolute Gasteiger partial charge is 0.326 e. The number of aromatic hydroxyl groups is 1. The third kappa shape index (κ3) is 11.8. The van der Waals surface area contributed by atoms with E-state index in [9.17, 15) is 29.4 Å². The van der Waals surface area contributed by atoms with Gasteiger partial charge < -0.3 is 37.6 Å². The van der Waals surface area contributed by atoms with Crippen LogP contribution in [0, 0.1) is 5.92 Å². The Morgan fingerprint density at radius 2 is 1.54 bits per heavy atom. The van der Waals surface area contributed by atoms with E-state index in [-0.39, 0.29) is 18.1 Å². The molecular weight excluding hydrogens is 498 g/mol. The minimum atomic E-state index is -1.25. The van der Waals surface area contributed by atoms with Gasteiger partial charge in [-0.05, 0) is 67.9 Å². The van der Waals surface area contributed by atoms with Gasteiger partial charge in [0.25, 0.3) is 0 Å². The van der Waals surface area contributed by atoms with Crippen molar-refractivity contribution in [2.24, 2.45) is 17.4 Å². The van der Waals surface area contributed by atoms with E-state index in [1.54, 1.807) is 37.7 Å². The van der Waals surface area contributed by atoms with E-state index in [4.69, 9.17) is 11.5 Å². The van der Waals surface area contributed by atoms with Gasteiger partial charge in [-0.1, -0.05) is 26.0 Å². The van der Waals surface area contributed by atoms with Gasteiger partial charge in [0, 0.05) is 6.42 Å². The van der Waals surface area contributed by atoms with Crippen LogP contribution in [0.4, 0.5) is 0 Å². The maximum atomic E-state index is 13.1. The first-order valence-corrected chi connectivity index (χ1v) is 13.8. The number of phenolic OH excluding ortho intramolecular Hbond substituents is 1. The number of phenols is 1. The van der Waals surface area contributed by atoms with E-state index in [2.05, 4.69) is 16.0 Å². The summed E-state index contributed by atoms with van der Waals surface area (Å²) in [7, 11) is 0. The van der Waals surface area contributed by atoms with E-state index in [0.717, 1.165) is 0 Å². The second-order valence-corrected chi connectivity index (χ2v) is 10.2. The van der Waals surface area contributed by atoms with Crippen molar-refractivity contribution in [2.75, 3.05) is 18.6 Å². The van der Waals surface area contributed by atoms with Crippen molar-refractivity contribution < 1.29 is 29.4 Å². The number of carbonyl (C=O) groups excluding carboxylic acids is 3. The summed E-state index contributed by atoms with van der Waals surface area (Å²) in [5.41, 5.74) is 12.1. The van der Waals surface area contributed by atoms with Crippen LogP contribution in [-0.2, 0) is 25.6 Å². The zero-order valence-electron chi connectivity index (χ0n) is 21.7. The van der Waals surface area contributed by atoms with Crippen LogP contribution in [0.15, 0.2) is 24.3 Å². The summed E-state index contributed by atoms with van der Waals surface area (Å²) in [6, 6.07) is 2.03. The topological polar surface area (TPSA) is 197 Å². The number of amides is 3. The molecule has 1 aromatic rings. The molecular formula is C25H41N5O6S. The van der Waals surface area contributed by atoms with Crippen LogP contribution in [0.5, 0.6) is 5.75 Å². The molecule has 3 amide bonds. The Balaban J connectivity index is 2.94. The van der Waals surface area contributed by atoms with E-state index < -0.39 is 47.9 Å². The Hall–Kier alpha value is -2.83. The third-order valence-electron chi connectivity index (χ3n) is 5.79. The minimum Gasteiger partial charge on any atom is -0.508 e. The molecule has 4 unspecified atom stereocenters. The molecule has 0 radical (unpaired) electrons. The molecule has 0 saturated heterocycles. The number of carbonyl (C=O) groups is 4. The molecule has 1 rings (SSSR count). The van der Waals surface area contributed by atoms with Crippen LogP contribution in [0.1, 0.15) is 45.1 Å². The fraction of sp³-hybridized carbons (Fsp3) is 0.600. The summed E-state index contributed by atoms with van der Waals surface area (Å²) < 4.78 is 0. The molecule has 11 nitrogen and oxygen atoms in total. The summed E-state index contributed by atoms with van der Waals surface area (Å²) in [6.45, 7) is 3.88. The summed E-state index contributed by atoms with van der Waals surface area (Å²) >= 11 is 1.56. The highest BCUT2D eigenvalue weighted by Gasteiger charge is 2.31. The van der Waals surface area contributed by atoms with Crippen LogP contribution < -0.4 is 27.4 Å². The van der Waals surface area contributed by atoms with Crippen LogP contribution in [0.2, 0.25) is 0 Å². The first-order valence-electron chi connectivity index (χ1n) is 12.4. The van der Waals surface area contributed by atoms with Gasteiger partial charge in [-0.25, -0.2) is 4.79 Å². The van der Waals surface area contributed by atoms with Crippen LogP contribution in [0.3, 0.4) is 0 Å². The Morgan fingerprint density at radius 1 is 0.919 bits per heavy atom. The van der Waals surface area contributed by atoms with Gasteiger partial charge in [0.2, 0.25) is 17.7 Å². The van der Waals surface area contributed by atoms with Crippen molar-refractivity contribution in [3.05, 3.63) is 29.8 Å². The predicted molar refractivity (Wildman–Crippen MR) is 144 cm³/mol. The molecule has 4 atom stereocenters. The Kier molecular flexibility index (Phi) is 14.6. The van der Waals surface area contributed by atoms with Crippen molar-refractivity contribution in [1.29, 1.82) is 0 Å². The third-order valence-corrected chi connectivity index (χ3v) is 6.43. The maximum absolute atomic E-state index is 13.1. The Morgan fingerprint density at radius 3 is 2.08 bits per heavy atom. The first-order chi connectivity index (χ1) is 17.5. The molecule has 0 spiro atoms. The molecule has 0 saturated carbocycles.